The summed E-state index contributed by atoms with van der Waals surface area (Å²) in [7, 11) is 0. The minimum absolute atomic E-state index is 0.000974. The van der Waals surface area contributed by atoms with Gasteiger partial charge in [-0.2, -0.15) is 13.2 Å². The molecule has 10 heteroatoms. The summed E-state index contributed by atoms with van der Waals surface area (Å²) in [4.78, 5) is 29.0. The van der Waals surface area contributed by atoms with Gasteiger partial charge in [0.05, 0.1) is 23.2 Å². The standard InChI is InChI=1S/C25H34F3N3O4/c1-16(2)35-23(34)29-17-4-9-21(20(14-17)25(26,27)28)30-12-3-10-24(15-30)11-13-31(22(24)33)18-5-7-19(32)8-6-18/h4,9,14,16,18-19,32H,3,5-8,10-13,15H2,1-2H3,(H,29,34)/t18?,19?,24-/m1/s1. The van der Waals surface area contributed by atoms with Crippen LogP contribution in [-0.2, 0) is 15.7 Å². The molecular weight excluding hydrogens is 463 g/mol. The van der Waals surface area contributed by atoms with Crippen LogP contribution in [0.3, 0.4) is 0 Å². The zero-order valence-electron chi connectivity index (χ0n) is 20.2. The molecule has 2 saturated heterocycles. The van der Waals surface area contributed by atoms with Gasteiger partial charge in [-0.25, -0.2) is 4.79 Å². The first-order chi connectivity index (χ1) is 16.5. The van der Waals surface area contributed by atoms with E-state index in [-0.39, 0.29) is 36.0 Å². The van der Waals surface area contributed by atoms with E-state index in [0.29, 0.717) is 45.2 Å². The molecule has 0 bridgehead atoms. The minimum atomic E-state index is -4.63. The number of likely N-dealkylation sites (tertiary alicyclic amines) is 1. The molecule has 3 aliphatic rings. The summed E-state index contributed by atoms with van der Waals surface area (Å²) >= 11 is 0. The molecule has 1 saturated carbocycles. The van der Waals surface area contributed by atoms with E-state index in [0.717, 1.165) is 18.9 Å². The number of nitrogens with one attached hydrogen (secondary N) is 1. The number of halogens is 3. The second-order valence-electron chi connectivity index (χ2n) is 10.3. The van der Waals surface area contributed by atoms with Crippen LogP contribution in [0.15, 0.2) is 18.2 Å². The van der Waals surface area contributed by atoms with Gasteiger partial charge < -0.3 is 19.6 Å². The summed E-state index contributed by atoms with van der Waals surface area (Å²) in [6, 6.07) is 3.83. The van der Waals surface area contributed by atoms with E-state index in [2.05, 4.69) is 5.32 Å². The summed E-state index contributed by atoms with van der Waals surface area (Å²) in [5.74, 6) is 0.0341. The predicted octanol–water partition coefficient (Wildman–Crippen LogP) is 4.78. The fourth-order valence-electron chi connectivity index (χ4n) is 5.76. The second kappa shape index (κ2) is 9.87. The van der Waals surface area contributed by atoms with Crippen molar-refractivity contribution in [3.8, 4) is 0 Å². The van der Waals surface area contributed by atoms with E-state index >= 15 is 0 Å². The number of aliphatic hydroxyl groups excluding tert-OH is 1. The molecule has 194 valence electrons. The number of ether oxygens (including phenoxy) is 1. The quantitative estimate of drug-likeness (QED) is 0.626. The van der Waals surface area contributed by atoms with Gasteiger partial charge in [0.15, 0.2) is 0 Å². The van der Waals surface area contributed by atoms with Crippen LogP contribution in [0.2, 0.25) is 0 Å². The van der Waals surface area contributed by atoms with Crippen LogP contribution in [0.25, 0.3) is 0 Å². The van der Waals surface area contributed by atoms with Crippen LogP contribution < -0.4 is 10.2 Å². The van der Waals surface area contributed by atoms with Gasteiger partial charge in [0, 0.05) is 37.1 Å². The Morgan fingerprint density at radius 1 is 1.17 bits per heavy atom. The SMILES string of the molecule is CC(C)OC(=O)Nc1ccc(N2CCC[C@@]3(CCN(C4CCC(O)CC4)C3=O)C2)c(C(F)(F)F)c1. The van der Waals surface area contributed by atoms with Crippen molar-refractivity contribution in [3.05, 3.63) is 23.8 Å². The van der Waals surface area contributed by atoms with Crippen LogP contribution >= 0.6 is 0 Å². The Hall–Kier alpha value is -2.49. The maximum Gasteiger partial charge on any atom is 0.418 e. The van der Waals surface area contributed by atoms with Crippen molar-refractivity contribution in [2.75, 3.05) is 29.9 Å². The predicted molar refractivity (Wildman–Crippen MR) is 125 cm³/mol. The molecule has 2 aliphatic heterocycles. The number of anilines is 2. The van der Waals surface area contributed by atoms with Crippen molar-refractivity contribution in [1.82, 2.24) is 4.90 Å². The molecule has 2 amide bonds. The number of alkyl halides is 3. The molecule has 4 rings (SSSR count). The average molecular weight is 498 g/mol. The van der Waals surface area contributed by atoms with Gasteiger partial charge in [0.25, 0.3) is 0 Å². The first kappa shape index (κ1) is 25.6. The fraction of sp³-hybridized carbons (Fsp3) is 0.680. The molecule has 3 fully saturated rings. The molecule has 0 aromatic heterocycles. The van der Waals surface area contributed by atoms with Crippen molar-refractivity contribution in [2.24, 2.45) is 5.41 Å². The number of hydrogen-bond acceptors (Lipinski definition) is 5. The zero-order chi connectivity index (χ0) is 25.4. The van der Waals surface area contributed by atoms with E-state index in [1.165, 1.54) is 12.1 Å². The molecular formula is C25H34F3N3O4. The van der Waals surface area contributed by atoms with Crippen LogP contribution in [0.4, 0.5) is 29.3 Å². The van der Waals surface area contributed by atoms with Crippen LogP contribution in [0.1, 0.15) is 64.4 Å². The normalized spacial score (nSPS) is 27.6. The number of carbonyl (C=O) groups is 2. The number of piperidine rings is 1. The number of rotatable bonds is 4. The van der Waals surface area contributed by atoms with Gasteiger partial charge in [0.1, 0.15) is 0 Å². The highest BCUT2D eigenvalue weighted by Gasteiger charge is 2.51. The molecule has 35 heavy (non-hydrogen) atoms. The second-order valence-corrected chi connectivity index (χ2v) is 10.3. The lowest BCUT2D eigenvalue weighted by molar-refractivity contribution is -0.139. The van der Waals surface area contributed by atoms with Gasteiger partial charge in [-0.3, -0.25) is 10.1 Å². The Bertz CT molecular complexity index is 946. The Labute approximate surface area is 203 Å². The third-order valence-corrected chi connectivity index (χ3v) is 7.46. The molecule has 1 aromatic rings. The monoisotopic (exact) mass is 497 g/mol. The Balaban J connectivity index is 1.54. The maximum atomic E-state index is 14.0. The number of hydrogen-bond donors (Lipinski definition) is 2. The average Bonchev–Trinajstić information content (AvgIpc) is 3.08. The number of aliphatic hydroxyl groups is 1. The first-order valence-electron chi connectivity index (χ1n) is 12.4. The van der Waals surface area contributed by atoms with Gasteiger partial charge in [0.2, 0.25) is 5.91 Å². The molecule has 0 unspecified atom stereocenters. The smallest absolute Gasteiger partial charge is 0.418 e. The lowest BCUT2D eigenvalue weighted by Gasteiger charge is -2.42. The molecule has 0 radical (unpaired) electrons. The summed E-state index contributed by atoms with van der Waals surface area (Å²) in [6.07, 6.45) is -1.37. The van der Waals surface area contributed by atoms with Crippen molar-refractivity contribution < 1.29 is 32.6 Å². The summed E-state index contributed by atoms with van der Waals surface area (Å²) < 4.78 is 47.1. The molecule has 1 aromatic carbocycles. The summed E-state index contributed by atoms with van der Waals surface area (Å²) in [5, 5.41) is 12.2. The number of carbonyl (C=O) groups excluding carboxylic acids is 2. The molecule has 7 nitrogen and oxygen atoms in total. The molecule has 1 aliphatic carbocycles. The third-order valence-electron chi connectivity index (χ3n) is 7.46. The Morgan fingerprint density at radius 3 is 2.54 bits per heavy atom. The summed E-state index contributed by atoms with van der Waals surface area (Å²) in [6.45, 7) is 4.58. The molecule has 1 spiro atoms. The van der Waals surface area contributed by atoms with Gasteiger partial charge in [-0.1, -0.05) is 0 Å². The summed E-state index contributed by atoms with van der Waals surface area (Å²) in [5.41, 5.74) is -1.51. The highest BCUT2D eigenvalue weighted by Crippen LogP contribution is 2.46. The van der Waals surface area contributed by atoms with E-state index in [9.17, 15) is 27.9 Å². The minimum Gasteiger partial charge on any atom is -0.447 e. The van der Waals surface area contributed by atoms with Gasteiger partial charge >= 0.3 is 12.3 Å². The largest absolute Gasteiger partial charge is 0.447 e. The number of benzene rings is 1. The first-order valence-corrected chi connectivity index (χ1v) is 12.4. The van der Waals surface area contributed by atoms with Crippen LogP contribution in [0.5, 0.6) is 0 Å². The van der Waals surface area contributed by atoms with E-state index < -0.39 is 29.4 Å². The van der Waals surface area contributed by atoms with Gasteiger partial charge in [-0.05, 0) is 77.0 Å². The van der Waals surface area contributed by atoms with E-state index in [4.69, 9.17) is 4.74 Å². The molecule has 1 atom stereocenters. The van der Waals surface area contributed by atoms with Crippen molar-refractivity contribution in [1.29, 1.82) is 0 Å². The molecule has 2 heterocycles. The van der Waals surface area contributed by atoms with Crippen LogP contribution in [0, 0.1) is 5.41 Å². The van der Waals surface area contributed by atoms with E-state index in [1.54, 1.807) is 18.7 Å². The zero-order valence-corrected chi connectivity index (χ0v) is 20.2. The highest BCUT2D eigenvalue weighted by molar-refractivity contribution is 5.87. The Kier molecular flexibility index (Phi) is 7.22. The number of amides is 2. The highest BCUT2D eigenvalue weighted by atomic mass is 19.4. The van der Waals surface area contributed by atoms with Gasteiger partial charge in [-0.15, -0.1) is 0 Å². The fourth-order valence-corrected chi connectivity index (χ4v) is 5.76. The molecule has 2 N–H and O–H groups in total. The van der Waals surface area contributed by atoms with Crippen molar-refractivity contribution in [3.63, 3.8) is 0 Å². The third kappa shape index (κ3) is 5.52. The topological polar surface area (TPSA) is 82.1 Å². The maximum absolute atomic E-state index is 14.0. The van der Waals surface area contributed by atoms with Crippen molar-refractivity contribution in [2.45, 2.75) is 83.2 Å². The number of nitrogens with zero attached hydrogens (tertiary/aromatic N) is 2. The van der Waals surface area contributed by atoms with Crippen LogP contribution in [-0.4, -0.2) is 59.9 Å². The Morgan fingerprint density at radius 2 is 1.89 bits per heavy atom. The van der Waals surface area contributed by atoms with E-state index in [1.807, 2.05) is 4.90 Å². The van der Waals surface area contributed by atoms with Crippen molar-refractivity contribution >= 4 is 23.4 Å². The lowest BCUT2D eigenvalue weighted by atomic mass is 9.78. The lowest BCUT2D eigenvalue weighted by Crippen LogP contribution is -2.50.